The number of rotatable bonds is 4. The molecule has 0 radical (unpaired) electrons. The summed E-state index contributed by atoms with van der Waals surface area (Å²) in [6, 6.07) is 7.55. The Balaban J connectivity index is 2.30. The molecule has 4 heteroatoms. The lowest BCUT2D eigenvalue weighted by Crippen LogP contribution is -1.97. The summed E-state index contributed by atoms with van der Waals surface area (Å²) in [6.07, 6.45) is 4.22. The molecule has 0 saturated heterocycles. The first-order valence-electron chi connectivity index (χ1n) is 6.55. The van der Waals surface area contributed by atoms with Crippen molar-refractivity contribution in [2.45, 2.75) is 13.0 Å². The molecule has 1 heterocycles. The van der Waals surface area contributed by atoms with Gasteiger partial charge < -0.3 is 9.84 Å². The van der Waals surface area contributed by atoms with Gasteiger partial charge in [-0.05, 0) is 19.1 Å². The zero-order valence-corrected chi connectivity index (χ0v) is 11.8. The maximum atomic E-state index is 9.26. The fraction of sp³-hybridized carbons (Fsp3) is 0.176. The van der Waals surface area contributed by atoms with E-state index in [0.29, 0.717) is 18.2 Å². The lowest BCUT2D eigenvalue weighted by molar-refractivity contribution is 0.253. The highest BCUT2D eigenvalue weighted by atomic mass is 16.5. The molecule has 0 spiro atoms. The molecule has 4 nitrogen and oxygen atoms in total. The maximum Gasteiger partial charge on any atom is 0.160 e. The predicted octanol–water partition coefficient (Wildman–Crippen LogP) is 2.44. The molecular weight excluding hydrogens is 264 g/mol. The van der Waals surface area contributed by atoms with Crippen LogP contribution in [0.3, 0.4) is 0 Å². The van der Waals surface area contributed by atoms with Crippen molar-refractivity contribution in [3.8, 4) is 29.0 Å². The minimum Gasteiger partial charge on any atom is -0.486 e. The van der Waals surface area contributed by atoms with Crippen LogP contribution in [0.4, 0.5) is 0 Å². The van der Waals surface area contributed by atoms with Crippen molar-refractivity contribution >= 4 is 0 Å². The van der Waals surface area contributed by atoms with Gasteiger partial charge in [-0.15, -0.1) is 0 Å². The number of hydrogen-bond donors (Lipinski definition) is 1. The molecule has 106 valence electrons. The normalized spacial score (nSPS) is 11.1. The van der Waals surface area contributed by atoms with E-state index in [9.17, 15) is 5.11 Å². The van der Waals surface area contributed by atoms with E-state index in [4.69, 9.17) is 4.74 Å². The summed E-state index contributed by atoms with van der Waals surface area (Å²) in [4.78, 5) is 8.58. The molecule has 0 saturated carbocycles. The molecule has 0 fully saturated rings. The first-order valence-corrected chi connectivity index (χ1v) is 6.55. The second kappa shape index (κ2) is 7.22. The van der Waals surface area contributed by atoms with Crippen molar-refractivity contribution in [2.24, 2.45) is 0 Å². The lowest BCUT2D eigenvalue weighted by atomic mass is 10.1. The Morgan fingerprint density at radius 3 is 2.71 bits per heavy atom. The quantitative estimate of drug-likeness (QED) is 0.690. The zero-order valence-electron chi connectivity index (χ0n) is 11.8. The van der Waals surface area contributed by atoms with Crippen LogP contribution in [0.5, 0.6) is 5.75 Å². The number of nitrogens with zero attached hydrogens (tertiary/aromatic N) is 2. The van der Waals surface area contributed by atoms with Crippen molar-refractivity contribution in [2.75, 3.05) is 6.61 Å². The molecule has 0 aliphatic heterocycles. The Morgan fingerprint density at radius 1 is 1.33 bits per heavy atom. The molecule has 2 aromatic rings. The van der Waals surface area contributed by atoms with E-state index in [1.807, 2.05) is 24.3 Å². The molecule has 0 bridgehead atoms. The second-order valence-electron chi connectivity index (χ2n) is 4.33. The SMILES string of the molecule is C=CCOc1cnc(-c2ccccc2C#CC(C)O)nc1. The second-order valence-corrected chi connectivity index (χ2v) is 4.33. The van der Waals surface area contributed by atoms with Gasteiger partial charge in [0.2, 0.25) is 0 Å². The van der Waals surface area contributed by atoms with Crippen LogP contribution in [0.1, 0.15) is 12.5 Å². The summed E-state index contributed by atoms with van der Waals surface area (Å²) in [7, 11) is 0. The first-order chi connectivity index (χ1) is 10.2. The summed E-state index contributed by atoms with van der Waals surface area (Å²) in [5, 5.41) is 9.26. The van der Waals surface area contributed by atoms with Gasteiger partial charge in [-0.3, -0.25) is 0 Å². The highest BCUT2D eigenvalue weighted by Gasteiger charge is 2.06. The summed E-state index contributed by atoms with van der Waals surface area (Å²) in [6.45, 7) is 5.62. The minimum absolute atomic E-state index is 0.416. The third-order valence-electron chi connectivity index (χ3n) is 2.58. The number of aliphatic hydroxyl groups excluding tert-OH is 1. The van der Waals surface area contributed by atoms with E-state index in [-0.39, 0.29) is 0 Å². The third-order valence-corrected chi connectivity index (χ3v) is 2.58. The Bertz CT molecular complexity index is 667. The van der Waals surface area contributed by atoms with Gasteiger partial charge in [-0.1, -0.05) is 36.6 Å². The lowest BCUT2D eigenvalue weighted by Gasteiger charge is -2.05. The monoisotopic (exact) mass is 280 g/mol. The number of ether oxygens (including phenoxy) is 1. The van der Waals surface area contributed by atoms with E-state index >= 15 is 0 Å². The van der Waals surface area contributed by atoms with Crippen molar-refractivity contribution in [3.63, 3.8) is 0 Å². The summed E-state index contributed by atoms with van der Waals surface area (Å²) >= 11 is 0. The zero-order chi connectivity index (χ0) is 15.1. The van der Waals surface area contributed by atoms with Crippen molar-refractivity contribution in [1.29, 1.82) is 0 Å². The van der Waals surface area contributed by atoms with Crippen molar-refractivity contribution < 1.29 is 9.84 Å². The summed E-state index contributed by atoms with van der Waals surface area (Å²) in [5.41, 5.74) is 1.60. The largest absolute Gasteiger partial charge is 0.486 e. The van der Waals surface area contributed by atoms with Crippen molar-refractivity contribution in [3.05, 3.63) is 54.9 Å². The fourth-order valence-electron chi connectivity index (χ4n) is 1.65. The average Bonchev–Trinajstić information content (AvgIpc) is 2.52. The van der Waals surface area contributed by atoms with Crippen LogP contribution in [-0.2, 0) is 0 Å². The Morgan fingerprint density at radius 2 is 2.05 bits per heavy atom. The van der Waals surface area contributed by atoms with Gasteiger partial charge in [0.1, 0.15) is 12.7 Å². The number of aliphatic hydroxyl groups is 1. The van der Waals surface area contributed by atoms with Crippen LogP contribution < -0.4 is 4.74 Å². The average molecular weight is 280 g/mol. The van der Waals surface area contributed by atoms with E-state index in [1.165, 1.54) is 0 Å². The molecule has 0 amide bonds. The number of benzene rings is 1. The van der Waals surface area contributed by atoms with Crippen LogP contribution in [0, 0.1) is 11.8 Å². The highest BCUT2D eigenvalue weighted by Crippen LogP contribution is 2.20. The molecule has 1 aromatic heterocycles. The molecule has 1 N–H and O–H groups in total. The van der Waals surface area contributed by atoms with Gasteiger partial charge in [0.25, 0.3) is 0 Å². The first kappa shape index (κ1) is 14.8. The van der Waals surface area contributed by atoms with E-state index < -0.39 is 6.10 Å². The summed E-state index contributed by atoms with van der Waals surface area (Å²) in [5.74, 6) is 6.82. The van der Waals surface area contributed by atoms with E-state index in [1.54, 1.807) is 25.4 Å². The molecular formula is C17H16N2O2. The van der Waals surface area contributed by atoms with Crippen LogP contribution in [0.2, 0.25) is 0 Å². The topological polar surface area (TPSA) is 55.2 Å². The van der Waals surface area contributed by atoms with E-state index in [2.05, 4.69) is 28.4 Å². The third kappa shape index (κ3) is 4.16. The van der Waals surface area contributed by atoms with Gasteiger partial charge in [-0.25, -0.2) is 9.97 Å². The molecule has 1 atom stereocenters. The van der Waals surface area contributed by atoms with Gasteiger partial charge >= 0.3 is 0 Å². The predicted molar refractivity (Wildman–Crippen MR) is 81.7 cm³/mol. The molecule has 1 aromatic carbocycles. The van der Waals surface area contributed by atoms with E-state index in [0.717, 1.165) is 11.1 Å². The van der Waals surface area contributed by atoms with Gasteiger partial charge in [0.05, 0.1) is 12.4 Å². The smallest absolute Gasteiger partial charge is 0.160 e. The molecule has 21 heavy (non-hydrogen) atoms. The summed E-state index contributed by atoms with van der Waals surface area (Å²) < 4.78 is 5.35. The van der Waals surface area contributed by atoms with Gasteiger partial charge in [0.15, 0.2) is 11.6 Å². The van der Waals surface area contributed by atoms with Crippen molar-refractivity contribution in [1.82, 2.24) is 9.97 Å². The van der Waals surface area contributed by atoms with Crippen LogP contribution >= 0.6 is 0 Å². The standard InChI is InChI=1S/C17H16N2O2/c1-3-10-21-15-11-18-17(19-12-15)16-7-5-4-6-14(16)9-8-13(2)20/h3-7,11-13,20H,1,10H2,2H3. The minimum atomic E-state index is -0.673. The molecule has 0 aliphatic rings. The fourth-order valence-corrected chi connectivity index (χ4v) is 1.65. The number of hydrogen-bond acceptors (Lipinski definition) is 4. The van der Waals surface area contributed by atoms with Gasteiger partial charge in [0, 0.05) is 11.1 Å². The molecule has 1 unspecified atom stereocenters. The molecule has 2 rings (SSSR count). The Hall–Kier alpha value is -2.64. The molecule has 0 aliphatic carbocycles. The maximum absolute atomic E-state index is 9.26. The highest BCUT2D eigenvalue weighted by molar-refractivity contribution is 5.65. The van der Waals surface area contributed by atoms with Gasteiger partial charge in [-0.2, -0.15) is 0 Å². The van der Waals surface area contributed by atoms with Crippen LogP contribution in [0.15, 0.2) is 49.3 Å². The Labute approximate surface area is 124 Å². The van der Waals surface area contributed by atoms with Crippen LogP contribution in [-0.4, -0.2) is 27.8 Å². The Kier molecular flexibility index (Phi) is 5.08. The van der Waals surface area contributed by atoms with Crippen LogP contribution in [0.25, 0.3) is 11.4 Å². The number of aromatic nitrogens is 2.